The van der Waals surface area contributed by atoms with Gasteiger partial charge in [-0.1, -0.05) is 5.16 Å². The standard InChI is InChI=1S/C13H21N3O2S.ClH/c1-9-12(10(2)18-16-9)7-19-8-13(17)15-11-3-5-14-6-4-11;/h11,14H,3-8H2,1-2H3,(H,15,17);1H. The molecule has 1 aromatic heterocycles. The molecule has 2 N–H and O–H groups in total. The van der Waals surface area contributed by atoms with E-state index in [4.69, 9.17) is 4.52 Å². The molecule has 1 fully saturated rings. The molecule has 1 amide bonds. The normalized spacial score (nSPS) is 15.7. The molecule has 0 aliphatic carbocycles. The summed E-state index contributed by atoms with van der Waals surface area (Å²) in [6, 6.07) is 0.341. The van der Waals surface area contributed by atoms with Crippen LogP contribution in [0.4, 0.5) is 0 Å². The zero-order chi connectivity index (χ0) is 13.7. The maximum Gasteiger partial charge on any atom is 0.230 e. The number of halogens is 1. The largest absolute Gasteiger partial charge is 0.361 e. The third-order valence-electron chi connectivity index (χ3n) is 3.37. The molecule has 1 aliphatic heterocycles. The van der Waals surface area contributed by atoms with Gasteiger partial charge in [-0.15, -0.1) is 24.2 Å². The van der Waals surface area contributed by atoms with Crippen LogP contribution >= 0.6 is 24.2 Å². The van der Waals surface area contributed by atoms with Crippen LogP contribution in [0.1, 0.15) is 29.9 Å². The molecule has 1 aliphatic rings. The van der Waals surface area contributed by atoms with E-state index in [1.165, 1.54) is 0 Å². The molecule has 0 saturated carbocycles. The van der Waals surface area contributed by atoms with Gasteiger partial charge in [-0.05, 0) is 39.8 Å². The summed E-state index contributed by atoms with van der Waals surface area (Å²) in [6.07, 6.45) is 2.06. The molecule has 1 saturated heterocycles. The quantitative estimate of drug-likeness (QED) is 0.866. The SMILES string of the molecule is Cc1noc(C)c1CSCC(=O)NC1CCNCC1.Cl. The van der Waals surface area contributed by atoms with Crippen molar-refractivity contribution in [1.82, 2.24) is 15.8 Å². The van der Waals surface area contributed by atoms with E-state index in [0.29, 0.717) is 11.8 Å². The van der Waals surface area contributed by atoms with E-state index in [-0.39, 0.29) is 18.3 Å². The van der Waals surface area contributed by atoms with Gasteiger partial charge in [0.15, 0.2) is 0 Å². The first-order valence-electron chi connectivity index (χ1n) is 6.66. The molecule has 1 aromatic rings. The van der Waals surface area contributed by atoms with E-state index >= 15 is 0 Å². The van der Waals surface area contributed by atoms with Crippen LogP contribution in [0.25, 0.3) is 0 Å². The Kier molecular flexibility index (Phi) is 7.40. The van der Waals surface area contributed by atoms with Gasteiger partial charge in [-0.2, -0.15) is 0 Å². The molecule has 2 rings (SSSR count). The van der Waals surface area contributed by atoms with Gasteiger partial charge in [0.2, 0.25) is 5.91 Å². The van der Waals surface area contributed by atoms with Crippen molar-refractivity contribution >= 4 is 30.1 Å². The highest BCUT2D eigenvalue weighted by Gasteiger charge is 2.15. The predicted molar refractivity (Wildman–Crippen MR) is 83.4 cm³/mol. The smallest absolute Gasteiger partial charge is 0.230 e. The first-order chi connectivity index (χ1) is 9.16. The molecule has 0 atom stereocenters. The van der Waals surface area contributed by atoms with Crippen LogP contribution in [0.5, 0.6) is 0 Å². The van der Waals surface area contributed by atoms with Gasteiger partial charge in [0, 0.05) is 17.4 Å². The number of piperidine rings is 1. The van der Waals surface area contributed by atoms with Crippen molar-refractivity contribution in [1.29, 1.82) is 0 Å². The lowest BCUT2D eigenvalue weighted by Gasteiger charge is -2.23. The summed E-state index contributed by atoms with van der Waals surface area (Å²) >= 11 is 1.61. The maximum absolute atomic E-state index is 11.8. The number of thioether (sulfide) groups is 1. The van der Waals surface area contributed by atoms with Crippen molar-refractivity contribution in [2.75, 3.05) is 18.8 Å². The van der Waals surface area contributed by atoms with Crippen molar-refractivity contribution in [2.45, 2.75) is 38.5 Å². The van der Waals surface area contributed by atoms with Gasteiger partial charge in [0.25, 0.3) is 0 Å². The molecule has 0 unspecified atom stereocenters. The van der Waals surface area contributed by atoms with E-state index in [9.17, 15) is 4.79 Å². The first-order valence-corrected chi connectivity index (χ1v) is 7.82. The maximum atomic E-state index is 11.8. The molecule has 20 heavy (non-hydrogen) atoms. The highest BCUT2D eigenvalue weighted by Crippen LogP contribution is 2.19. The van der Waals surface area contributed by atoms with Crippen LogP contribution in [-0.4, -0.2) is 35.9 Å². The van der Waals surface area contributed by atoms with Gasteiger partial charge in [0.1, 0.15) is 5.76 Å². The molecule has 0 spiro atoms. The average molecular weight is 320 g/mol. The minimum absolute atomic E-state index is 0. The number of hydrogen-bond acceptors (Lipinski definition) is 5. The van der Waals surface area contributed by atoms with Gasteiger partial charge in [-0.25, -0.2) is 0 Å². The Hall–Kier alpha value is -0.720. The second kappa shape index (κ2) is 8.54. The van der Waals surface area contributed by atoms with Crippen LogP contribution in [0, 0.1) is 13.8 Å². The van der Waals surface area contributed by atoms with Crippen molar-refractivity contribution in [3.63, 3.8) is 0 Å². The zero-order valence-electron chi connectivity index (χ0n) is 11.9. The Balaban J connectivity index is 0.00000200. The molecule has 2 heterocycles. The molecule has 5 nitrogen and oxygen atoms in total. The Labute approximate surface area is 130 Å². The first kappa shape index (κ1) is 17.3. The second-order valence-electron chi connectivity index (χ2n) is 4.89. The number of rotatable bonds is 5. The van der Waals surface area contributed by atoms with Gasteiger partial charge >= 0.3 is 0 Å². The Morgan fingerprint density at radius 1 is 1.45 bits per heavy atom. The van der Waals surface area contributed by atoms with Crippen LogP contribution in [0.3, 0.4) is 0 Å². The molecular weight excluding hydrogens is 298 g/mol. The number of aromatic nitrogens is 1. The summed E-state index contributed by atoms with van der Waals surface area (Å²) in [5.74, 6) is 2.25. The number of amides is 1. The molecule has 114 valence electrons. The zero-order valence-corrected chi connectivity index (χ0v) is 13.5. The Bertz CT molecular complexity index is 414. The van der Waals surface area contributed by atoms with Crippen LogP contribution < -0.4 is 10.6 Å². The number of carbonyl (C=O) groups is 1. The number of nitrogens with one attached hydrogen (secondary N) is 2. The van der Waals surface area contributed by atoms with Crippen LogP contribution in [0.2, 0.25) is 0 Å². The van der Waals surface area contributed by atoms with Gasteiger partial charge < -0.3 is 15.2 Å². The summed E-state index contributed by atoms with van der Waals surface area (Å²) < 4.78 is 5.10. The van der Waals surface area contributed by atoms with Crippen molar-refractivity contribution in [3.05, 3.63) is 17.0 Å². The summed E-state index contributed by atoms with van der Waals surface area (Å²) in [5, 5.41) is 10.3. The van der Waals surface area contributed by atoms with Gasteiger partial charge in [0.05, 0.1) is 11.4 Å². The van der Waals surface area contributed by atoms with Crippen LogP contribution in [-0.2, 0) is 10.5 Å². The predicted octanol–water partition coefficient (Wildman–Crippen LogP) is 1.81. The fraction of sp³-hybridized carbons (Fsp3) is 0.692. The highest BCUT2D eigenvalue weighted by molar-refractivity contribution is 7.99. The molecule has 0 bridgehead atoms. The fourth-order valence-electron chi connectivity index (χ4n) is 2.19. The fourth-order valence-corrected chi connectivity index (χ4v) is 3.18. The number of hydrogen-bond donors (Lipinski definition) is 2. The Morgan fingerprint density at radius 3 is 2.75 bits per heavy atom. The minimum Gasteiger partial charge on any atom is -0.361 e. The summed E-state index contributed by atoms with van der Waals surface area (Å²) in [6.45, 7) is 5.83. The van der Waals surface area contributed by atoms with E-state index < -0.39 is 0 Å². The lowest BCUT2D eigenvalue weighted by molar-refractivity contribution is -0.119. The Morgan fingerprint density at radius 2 is 2.15 bits per heavy atom. The van der Waals surface area contributed by atoms with E-state index in [2.05, 4.69) is 15.8 Å². The second-order valence-corrected chi connectivity index (χ2v) is 5.87. The molecule has 0 aromatic carbocycles. The lowest BCUT2D eigenvalue weighted by Crippen LogP contribution is -2.43. The topological polar surface area (TPSA) is 67.2 Å². The molecule has 7 heteroatoms. The third kappa shape index (κ3) is 5.00. The number of nitrogens with zero attached hydrogens (tertiary/aromatic N) is 1. The summed E-state index contributed by atoms with van der Waals surface area (Å²) in [4.78, 5) is 11.8. The average Bonchev–Trinajstić information content (AvgIpc) is 2.71. The lowest BCUT2D eigenvalue weighted by atomic mass is 10.1. The summed E-state index contributed by atoms with van der Waals surface area (Å²) in [5.41, 5.74) is 2.03. The van der Waals surface area contributed by atoms with Crippen molar-refractivity contribution < 1.29 is 9.32 Å². The highest BCUT2D eigenvalue weighted by atomic mass is 35.5. The van der Waals surface area contributed by atoms with Crippen LogP contribution in [0.15, 0.2) is 4.52 Å². The van der Waals surface area contributed by atoms with E-state index in [1.807, 2.05) is 13.8 Å². The molecule has 0 radical (unpaired) electrons. The minimum atomic E-state index is 0. The van der Waals surface area contributed by atoms with E-state index in [0.717, 1.165) is 48.7 Å². The third-order valence-corrected chi connectivity index (χ3v) is 4.32. The van der Waals surface area contributed by atoms with Crippen molar-refractivity contribution in [3.8, 4) is 0 Å². The van der Waals surface area contributed by atoms with Crippen molar-refractivity contribution in [2.24, 2.45) is 0 Å². The summed E-state index contributed by atoms with van der Waals surface area (Å²) in [7, 11) is 0. The van der Waals surface area contributed by atoms with Gasteiger partial charge in [-0.3, -0.25) is 4.79 Å². The number of aryl methyl sites for hydroxylation is 2. The molecular formula is C13H22ClN3O2S. The number of carbonyl (C=O) groups excluding carboxylic acids is 1. The van der Waals surface area contributed by atoms with E-state index in [1.54, 1.807) is 11.8 Å². The monoisotopic (exact) mass is 319 g/mol.